The fraction of sp³-hybridized carbons (Fsp3) is 0.611. The van der Waals surface area contributed by atoms with Gasteiger partial charge in [-0.15, -0.1) is 0 Å². The largest absolute Gasteiger partial charge is 0.497 e. The van der Waals surface area contributed by atoms with Gasteiger partial charge in [0, 0.05) is 30.8 Å². The van der Waals surface area contributed by atoms with Gasteiger partial charge in [0.05, 0.1) is 26.9 Å². The molecule has 1 aliphatic rings. The first kappa shape index (κ1) is 20.5. The maximum atomic E-state index is 12.8. The van der Waals surface area contributed by atoms with Crippen LogP contribution >= 0.6 is 0 Å². The van der Waals surface area contributed by atoms with Gasteiger partial charge in [0.1, 0.15) is 11.5 Å². The van der Waals surface area contributed by atoms with Crippen molar-refractivity contribution in [1.82, 2.24) is 9.62 Å². The number of hydrogen-bond acceptors (Lipinski definition) is 5. The Balaban J connectivity index is 2.10. The molecule has 1 saturated heterocycles. The quantitative estimate of drug-likeness (QED) is 0.733. The smallest absolute Gasteiger partial charge is 0.227 e. The highest BCUT2D eigenvalue weighted by Gasteiger charge is 2.36. The van der Waals surface area contributed by atoms with Crippen LogP contribution in [0, 0.1) is 5.92 Å². The monoisotopic (exact) mass is 384 g/mol. The maximum absolute atomic E-state index is 12.8. The second kappa shape index (κ2) is 8.73. The highest BCUT2D eigenvalue weighted by atomic mass is 32.2. The van der Waals surface area contributed by atoms with E-state index < -0.39 is 10.0 Å². The zero-order valence-electron chi connectivity index (χ0n) is 15.8. The van der Waals surface area contributed by atoms with Gasteiger partial charge in [0.15, 0.2) is 0 Å². The summed E-state index contributed by atoms with van der Waals surface area (Å²) in [6.45, 7) is 3.03. The molecule has 26 heavy (non-hydrogen) atoms. The number of benzene rings is 1. The third-order valence-corrected chi connectivity index (χ3v) is 5.39. The normalized spacial score (nSPS) is 20.2. The number of hydrogen-bond donors (Lipinski definition) is 1. The fourth-order valence-corrected chi connectivity index (χ4v) is 4.24. The number of ether oxygens (including phenoxy) is 2. The Bertz CT molecular complexity index is 735. The van der Waals surface area contributed by atoms with Crippen LogP contribution in [0.4, 0.5) is 0 Å². The van der Waals surface area contributed by atoms with E-state index in [1.807, 2.05) is 6.07 Å². The van der Waals surface area contributed by atoms with Crippen LogP contribution in [-0.2, 0) is 21.2 Å². The van der Waals surface area contributed by atoms with Crippen LogP contribution in [0.2, 0.25) is 0 Å². The van der Waals surface area contributed by atoms with E-state index in [-0.39, 0.29) is 24.3 Å². The van der Waals surface area contributed by atoms with Gasteiger partial charge in [0.25, 0.3) is 0 Å². The van der Waals surface area contributed by atoms with Gasteiger partial charge in [0.2, 0.25) is 15.9 Å². The highest BCUT2D eigenvalue weighted by Crippen LogP contribution is 2.27. The molecule has 0 unspecified atom stereocenters. The van der Waals surface area contributed by atoms with Crippen molar-refractivity contribution < 1.29 is 22.7 Å². The summed E-state index contributed by atoms with van der Waals surface area (Å²) in [6.07, 6.45) is 3.18. The van der Waals surface area contributed by atoms with Gasteiger partial charge in [-0.05, 0) is 18.4 Å². The molecule has 1 fully saturated rings. The molecule has 0 bridgehead atoms. The summed E-state index contributed by atoms with van der Waals surface area (Å²) in [7, 11) is -0.174. The summed E-state index contributed by atoms with van der Waals surface area (Å²) < 4.78 is 36.4. The van der Waals surface area contributed by atoms with Crippen LogP contribution in [-0.4, -0.2) is 58.8 Å². The Morgan fingerprint density at radius 2 is 2.00 bits per heavy atom. The highest BCUT2D eigenvalue weighted by molar-refractivity contribution is 7.88. The molecule has 2 rings (SSSR count). The molecule has 0 aliphatic carbocycles. The number of nitrogens with one attached hydrogen (secondary N) is 1. The van der Waals surface area contributed by atoms with Crippen LogP contribution in [0.1, 0.15) is 25.3 Å². The SMILES string of the molecule is CCC[C@@H]1CN(C(=O)Cc2ccc(OC)cc2OC)C[C@H]1NS(C)(=O)=O. The molecule has 1 amide bonds. The summed E-state index contributed by atoms with van der Waals surface area (Å²) in [5.41, 5.74) is 0.782. The number of methoxy groups -OCH3 is 2. The number of carbonyl (C=O) groups excluding carboxylic acids is 1. The fourth-order valence-electron chi connectivity index (χ4n) is 3.42. The number of nitrogens with zero attached hydrogens (tertiary/aromatic N) is 1. The molecular weight excluding hydrogens is 356 g/mol. The van der Waals surface area contributed by atoms with Gasteiger partial charge < -0.3 is 14.4 Å². The van der Waals surface area contributed by atoms with E-state index in [4.69, 9.17) is 9.47 Å². The maximum Gasteiger partial charge on any atom is 0.227 e. The molecule has 0 radical (unpaired) electrons. The minimum atomic E-state index is -3.31. The average molecular weight is 384 g/mol. The Morgan fingerprint density at radius 3 is 2.58 bits per heavy atom. The van der Waals surface area contributed by atoms with Gasteiger partial charge in [-0.25, -0.2) is 13.1 Å². The van der Waals surface area contributed by atoms with Crippen molar-refractivity contribution in [2.24, 2.45) is 5.92 Å². The molecule has 1 aliphatic heterocycles. The number of amides is 1. The standard InChI is InChI=1S/C18H28N2O5S/c1-5-6-14-11-20(12-16(14)19-26(4,22)23)18(21)9-13-7-8-15(24-2)10-17(13)25-3/h7-8,10,14,16,19H,5-6,9,11-12H2,1-4H3/t14-,16-/m1/s1. The number of carbonyl (C=O) groups is 1. The van der Waals surface area contributed by atoms with E-state index >= 15 is 0 Å². The second-order valence-electron chi connectivity index (χ2n) is 6.70. The molecule has 146 valence electrons. The molecular formula is C18H28N2O5S. The predicted octanol–water partition coefficient (Wildman–Crippen LogP) is 1.42. The van der Waals surface area contributed by atoms with E-state index in [0.29, 0.717) is 24.6 Å². The van der Waals surface area contributed by atoms with E-state index in [2.05, 4.69) is 11.6 Å². The molecule has 1 aromatic rings. The number of rotatable bonds is 8. The summed E-state index contributed by atoms with van der Waals surface area (Å²) in [5.74, 6) is 1.37. The summed E-state index contributed by atoms with van der Waals surface area (Å²) >= 11 is 0. The summed E-state index contributed by atoms with van der Waals surface area (Å²) in [6, 6.07) is 5.14. The van der Waals surface area contributed by atoms with Crippen molar-refractivity contribution in [2.75, 3.05) is 33.6 Å². The Hall–Kier alpha value is -1.80. The molecule has 1 aromatic carbocycles. The van der Waals surface area contributed by atoms with Crippen molar-refractivity contribution in [3.05, 3.63) is 23.8 Å². The molecule has 0 saturated carbocycles. The van der Waals surface area contributed by atoms with Crippen molar-refractivity contribution in [1.29, 1.82) is 0 Å². The zero-order chi connectivity index (χ0) is 19.3. The first-order valence-corrected chi connectivity index (χ1v) is 10.6. The molecule has 0 aromatic heterocycles. The first-order valence-electron chi connectivity index (χ1n) is 8.73. The molecule has 1 N–H and O–H groups in total. The lowest BCUT2D eigenvalue weighted by molar-refractivity contribution is -0.129. The van der Waals surface area contributed by atoms with Crippen LogP contribution in [0.15, 0.2) is 18.2 Å². The topological polar surface area (TPSA) is 84.9 Å². The van der Waals surface area contributed by atoms with E-state index in [0.717, 1.165) is 24.7 Å². The Morgan fingerprint density at radius 1 is 1.27 bits per heavy atom. The van der Waals surface area contributed by atoms with E-state index in [1.165, 1.54) is 0 Å². The number of likely N-dealkylation sites (tertiary alicyclic amines) is 1. The van der Waals surface area contributed by atoms with Crippen molar-refractivity contribution in [2.45, 2.75) is 32.2 Å². The second-order valence-corrected chi connectivity index (χ2v) is 8.48. The molecule has 8 heteroatoms. The summed E-state index contributed by atoms with van der Waals surface area (Å²) in [4.78, 5) is 14.5. The van der Waals surface area contributed by atoms with Gasteiger partial charge in [-0.2, -0.15) is 0 Å². The lowest BCUT2D eigenvalue weighted by Gasteiger charge is -2.18. The Labute approximate surface area is 155 Å². The van der Waals surface area contributed by atoms with Gasteiger partial charge in [-0.1, -0.05) is 19.4 Å². The molecule has 2 atom stereocenters. The van der Waals surface area contributed by atoms with Crippen molar-refractivity contribution >= 4 is 15.9 Å². The number of sulfonamides is 1. The molecule has 1 heterocycles. The first-order chi connectivity index (χ1) is 12.3. The molecule has 0 spiro atoms. The van der Waals surface area contributed by atoms with Crippen LogP contribution in [0.25, 0.3) is 0 Å². The predicted molar refractivity (Wildman–Crippen MR) is 100.0 cm³/mol. The Kier molecular flexibility index (Phi) is 6.88. The van der Waals surface area contributed by atoms with Gasteiger partial charge >= 0.3 is 0 Å². The average Bonchev–Trinajstić information content (AvgIpc) is 2.96. The third-order valence-electron chi connectivity index (χ3n) is 4.65. The van der Waals surface area contributed by atoms with Crippen LogP contribution < -0.4 is 14.2 Å². The van der Waals surface area contributed by atoms with Crippen LogP contribution in [0.5, 0.6) is 11.5 Å². The zero-order valence-corrected chi connectivity index (χ0v) is 16.6. The lowest BCUT2D eigenvalue weighted by atomic mass is 9.99. The van der Waals surface area contributed by atoms with Crippen molar-refractivity contribution in [3.8, 4) is 11.5 Å². The van der Waals surface area contributed by atoms with Crippen LogP contribution in [0.3, 0.4) is 0 Å². The minimum absolute atomic E-state index is 0.0348. The van der Waals surface area contributed by atoms with Crippen molar-refractivity contribution in [3.63, 3.8) is 0 Å². The third kappa shape index (κ3) is 5.35. The van der Waals surface area contributed by atoms with E-state index in [9.17, 15) is 13.2 Å². The lowest BCUT2D eigenvalue weighted by Crippen LogP contribution is -2.40. The minimum Gasteiger partial charge on any atom is -0.497 e. The van der Waals surface area contributed by atoms with Gasteiger partial charge in [-0.3, -0.25) is 4.79 Å². The summed E-state index contributed by atoms with van der Waals surface area (Å²) in [5, 5.41) is 0. The molecule has 7 nitrogen and oxygen atoms in total. The van der Waals surface area contributed by atoms with E-state index in [1.54, 1.807) is 31.3 Å².